The van der Waals surface area contributed by atoms with E-state index >= 15 is 0 Å². The summed E-state index contributed by atoms with van der Waals surface area (Å²) in [6.07, 6.45) is 2.23. The van der Waals surface area contributed by atoms with Crippen molar-refractivity contribution in [3.8, 4) is 11.5 Å². The molecule has 4 nitrogen and oxygen atoms in total. The zero-order valence-electron chi connectivity index (χ0n) is 14.3. The molecule has 1 fully saturated rings. The fourth-order valence-corrected chi connectivity index (χ4v) is 3.85. The van der Waals surface area contributed by atoms with Gasteiger partial charge >= 0.3 is 0 Å². The number of thiocarbonyl (C=S) groups is 1. The maximum absolute atomic E-state index is 5.74. The van der Waals surface area contributed by atoms with Crippen LogP contribution in [0.25, 0.3) is 0 Å². The lowest BCUT2D eigenvalue weighted by Crippen LogP contribution is -2.34. The molecular formula is C20H22N2O2S. The summed E-state index contributed by atoms with van der Waals surface area (Å²) < 4.78 is 11.4. The predicted molar refractivity (Wildman–Crippen MR) is 104 cm³/mol. The zero-order chi connectivity index (χ0) is 17.2. The molecule has 2 heterocycles. The Labute approximate surface area is 153 Å². The molecule has 25 heavy (non-hydrogen) atoms. The van der Waals surface area contributed by atoms with E-state index in [4.69, 9.17) is 21.7 Å². The van der Waals surface area contributed by atoms with Gasteiger partial charge in [0, 0.05) is 12.2 Å². The van der Waals surface area contributed by atoms with Gasteiger partial charge in [0.15, 0.2) is 16.6 Å². The predicted octanol–water partition coefficient (Wildman–Crippen LogP) is 4.30. The van der Waals surface area contributed by atoms with E-state index in [2.05, 4.69) is 41.4 Å². The normalized spacial score (nSPS) is 18.9. The van der Waals surface area contributed by atoms with Gasteiger partial charge in [-0.1, -0.05) is 24.3 Å². The molecule has 2 aromatic rings. The van der Waals surface area contributed by atoms with Gasteiger partial charge in [-0.05, 0) is 61.3 Å². The van der Waals surface area contributed by atoms with Crippen LogP contribution in [0.3, 0.4) is 0 Å². The Kier molecular flexibility index (Phi) is 4.49. The Morgan fingerprint density at radius 2 is 1.92 bits per heavy atom. The Balaban J connectivity index is 1.54. The second kappa shape index (κ2) is 6.92. The van der Waals surface area contributed by atoms with Gasteiger partial charge in [0.05, 0.1) is 6.04 Å². The van der Waals surface area contributed by atoms with Gasteiger partial charge in [0.25, 0.3) is 0 Å². The smallest absolute Gasteiger partial charge is 0.173 e. The molecule has 1 N–H and O–H groups in total. The van der Waals surface area contributed by atoms with E-state index in [9.17, 15) is 0 Å². The van der Waals surface area contributed by atoms with E-state index in [0.717, 1.165) is 41.7 Å². The lowest BCUT2D eigenvalue weighted by Gasteiger charge is -2.29. The van der Waals surface area contributed by atoms with Gasteiger partial charge in [-0.3, -0.25) is 0 Å². The quantitative estimate of drug-likeness (QED) is 0.813. The minimum Gasteiger partial charge on any atom is -0.486 e. The monoisotopic (exact) mass is 354 g/mol. The molecule has 0 bridgehead atoms. The highest BCUT2D eigenvalue weighted by molar-refractivity contribution is 7.80. The van der Waals surface area contributed by atoms with E-state index in [1.807, 2.05) is 18.2 Å². The highest BCUT2D eigenvalue weighted by Crippen LogP contribution is 2.38. The van der Waals surface area contributed by atoms with Crippen molar-refractivity contribution in [1.82, 2.24) is 4.90 Å². The number of ether oxygens (including phenoxy) is 2. The fourth-order valence-electron chi connectivity index (χ4n) is 3.52. The van der Waals surface area contributed by atoms with E-state index in [1.54, 1.807) is 0 Å². The minimum atomic E-state index is 0.278. The Hall–Kier alpha value is -2.27. The van der Waals surface area contributed by atoms with Gasteiger partial charge < -0.3 is 19.7 Å². The summed E-state index contributed by atoms with van der Waals surface area (Å²) in [5.41, 5.74) is 3.50. The second-order valence-electron chi connectivity index (χ2n) is 6.50. The first-order valence-electron chi connectivity index (χ1n) is 8.75. The zero-order valence-corrected chi connectivity index (χ0v) is 15.1. The van der Waals surface area contributed by atoms with Gasteiger partial charge in [0.2, 0.25) is 0 Å². The number of hydrogen-bond acceptors (Lipinski definition) is 3. The van der Waals surface area contributed by atoms with E-state index in [-0.39, 0.29) is 6.04 Å². The van der Waals surface area contributed by atoms with E-state index < -0.39 is 0 Å². The first-order chi connectivity index (χ1) is 12.2. The van der Waals surface area contributed by atoms with Gasteiger partial charge in [-0.15, -0.1) is 0 Å². The van der Waals surface area contributed by atoms with Crippen LogP contribution in [0.5, 0.6) is 11.5 Å². The van der Waals surface area contributed by atoms with Crippen LogP contribution in [0.15, 0.2) is 42.5 Å². The van der Waals surface area contributed by atoms with Crippen LogP contribution in [0.4, 0.5) is 5.69 Å². The van der Waals surface area contributed by atoms with Crippen molar-refractivity contribution in [2.45, 2.75) is 25.8 Å². The molecule has 0 spiro atoms. The van der Waals surface area contributed by atoms with E-state index in [0.29, 0.717) is 13.2 Å². The van der Waals surface area contributed by atoms with Crippen molar-refractivity contribution < 1.29 is 9.47 Å². The van der Waals surface area contributed by atoms with Crippen LogP contribution in [-0.4, -0.2) is 29.8 Å². The molecule has 0 amide bonds. The lowest BCUT2D eigenvalue weighted by molar-refractivity contribution is 0.171. The average Bonchev–Trinajstić information content (AvgIpc) is 3.13. The van der Waals surface area contributed by atoms with Crippen LogP contribution >= 0.6 is 12.2 Å². The molecule has 0 aromatic heterocycles. The maximum Gasteiger partial charge on any atom is 0.173 e. The van der Waals surface area contributed by atoms with Crippen LogP contribution in [0, 0.1) is 6.92 Å². The molecule has 0 saturated carbocycles. The molecule has 130 valence electrons. The third-order valence-corrected chi connectivity index (χ3v) is 5.19. The number of nitrogens with zero attached hydrogens (tertiary/aromatic N) is 1. The largest absolute Gasteiger partial charge is 0.486 e. The summed E-state index contributed by atoms with van der Waals surface area (Å²) in [6, 6.07) is 14.8. The lowest BCUT2D eigenvalue weighted by atomic mass is 10.0. The SMILES string of the molecule is Cc1ccccc1NC(=S)N1CCC[C@@H]1c1ccc2c(c1)OCCO2. The number of hydrogen-bond donors (Lipinski definition) is 1. The fraction of sp³-hybridized carbons (Fsp3) is 0.350. The van der Waals surface area contributed by atoms with Crippen molar-refractivity contribution in [3.05, 3.63) is 53.6 Å². The Morgan fingerprint density at radius 1 is 1.12 bits per heavy atom. The molecule has 2 aliphatic heterocycles. The first kappa shape index (κ1) is 16.2. The number of fused-ring (bicyclic) bond motifs is 1. The second-order valence-corrected chi connectivity index (χ2v) is 6.89. The van der Waals surface area contributed by atoms with Crippen molar-refractivity contribution in [1.29, 1.82) is 0 Å². The van der Waals surface area contributed by atoms with E-state index in [1.165, 1.54) is 11.1 Å². The molecular weight excluding hydrogens is 332 g/mol. The minimum absolute atomic E-state index is 0.278. The number of rotatable bonds is 2. The molecule has 2 aliphatic rings. The first-order valence-corrected chi connectivity index (χ1v) is 9.16. The number of benzene rings is 2. The highest BCUT2D eigenvalue weighted by Gasteiger charge is 2.29. The van der Waals surface area contributed by atoms with Crippen LogP contribution < -0.4 is 14.8 Å². The summed E-state index contributed by atoms with van der Waals surface area (Å²) in [4.78, 5) is 2.28. The number of anilines is 1. The molecule has 1 atom stereocenters. The summed E-state index contributed by atoms with van der Waals surface area (Å²) >= 11 is 5.71. The maximum atomic E-state index is 5.74. The van der Waals surface area contributed by atoms with Crippen molar-refractivity contribution >= 4 is 23.0 Å². The summed E-state index contributed by atoms with van der Waals surface area (Å²) in [5, 5.41) is 4.20. The standard InChI is InChI=1S/C20H22N2O2S/c1-14-5-2-3-6-16(14)21-20(25)22-10-4-7-17(22)15-8-9-18-19(13-15)24-12-11-23-18/h2-3,5-6,8-9,13,17H,4,7,10-12H2,1H3,(H,21,25)/t17-/m1/s1. The number of nitrogens with one attached hydrogen (secondary N) is 1. The molecule has 0 radical (unpaired) electrons. The Bertz CT molecular complexity index is 793. The molecule has 5 heteroatoms. The van der Waals surface area contributed by atoms with Crippen molar-refractivity contribution in [2.75, 3.05) is 25.1 Å². The summed E-state index contributed by atoms with van der Waals surface area (Å²) in [7, 11) is 0. The number of para-hydroxylation sites is 1. The molecule has 0 aliphatic carbocycles. The third-order valence-electron chi connectivity index (χ3n) is 4.85. The van der Waals surface area contributed by atoms with Gasteiger partial charge in [-0.25, -0.2) is 0 Å². The molecule has 1 saturated heterocycles. The van der Waals surface area contributed by atoms with Gasteiger partial charge in [-0.2, -0.15) is 0 Å². The van der Waals surface area contributed by atoms with Crippen molar-refractivity contribution in [2.24, 2.45) is 0 Å². The molecule has 4 rings (SSSR count). The molecule has 0 unspecified atom stereocenters. The van der Waals surface area contributed by atoms with Crippen LogP contribution in [0.2, 0.25) is 0 Å². The molecule has 2 aromatic carbocycles. The number of likely N-dealkylation sites (tertiary alicyclic amines) is 1. The third kappa shape index (κ3) is 3.29. The van der Waals surface area contributed by atoms with Crippen LogP contribution in [0.1, 0.15) is 30.0 Å². The topological polar surface area (TPSA) is 33.7 Å². The summed E-state index contributed by atoms with van der Waals surface area (Å²) in [5.74, 6) is 1.67. The van der Waals surface area contributed by atoms with Gasteiger partial charge in [0.1, 0.15) is 13.2 Å². The Morgan fingerprint density at radius 3 is 2.76 bits per heavy atom. The van der Waals surface area contributed by atoms with Crippen molar-refractivity contribution in [3.63, 3.8) is 0 Å². The average molecular weight is 354 g/mol. The highest BCUT2D eigenvalue weighted by atomic mass is 32.1. The summed E-state index contributed by atoms with van der Waals surface area (Å²) in [6.45, 7) is 4.29. The van der Waals surface area contributed by atoms with Crippen LogP contribution in [-0.2, 0) is 0 Å². The number of aryl methyl sites for hydroxylation is 1.